The third-order valence-electron chi connectivity index (χ3n) is 4.23. The van der Waals surface area contributed by atoms with Crippen LogP contribution in [0, 0.1) is 5.92 Å². The van der Waals surface area contributed by atoms with Crippen LogP contribution in [0.15, 0.2) is 28.7 Å². The molecule has 1 atom stereocenters. The van der Waals surface area contributed by atoms with Gasteiger partial charge in [-0.25, -0.2) is 0 Å². The maximum atomic E-state index is 5.98. The predicted octanol–water partition coefficient (Wildman–Crippen LogP) is 3.52. The molecule has 21 heavy (non-hydrogen) atoms. The molecule has 1 aliphatic rings. The van der Waals surface area contributed by atoms with Gasteiger partial charge >= 0.3 is 0 Å². The van der Waals surface area contributed by atoms with Gasteiger partial charge in [0.15, 0.2) is 11.3 Å². The Labute approximate surface area is 125 Å². The minimum atomic E-state index is 0.199. The van der Waals surface area contributed by atoms with Crippen molar-refractivity contribution in [1.82, 2.24) is 5.32 Å². The Morgan fingerprint density at radius 1 is 1.33 bits per heavy atom. The summed E-state index contributed by atoms with van der Waals surface area (Å²) in [6, 6.07) is 8.26. The second-order valence-corrected chi connectivity index (χ2v) is 5.71. The number of hydrogen-bond donors (Lipinski definition) is 1. The highest BCUT2D eigenvalue weighted by Crippen LogP contribution is 2.31. The van der Waals surface area contributed by atoms with E-state index in [0.717, 1.165) is 55.1 Å². The number of hydrogen-bond acceptors (Lipinski definition) is 4. The number of ether oxygens (including phenoxy) is 2. The van der Waals surface area contributed by atoms with E-state index in [1.807, 2.05) is 12.1 Å². The molecule has 1 N–H and O–H groups in total. The fourth-order valence-corrected chi connectivity index (χ4v) is 2.82. The van der Waals surface area contributed by atoms with Crippen molar-refractivity contribution in [2.45, 2.75) is 25.8 Å². The van der Waals surface area contributed by atoms with E-state index in [0.29, 0.717) is 5.92 Å². The van der Waals surface area contributed by atoms with E-state index in [1.54, 1.807) is 7.11 Å². The number of para-hydroxylation sites is 1. The average molecular weight is 289 g/mol. The minimum absolute atomic E-state index is 0.199. The van der Waals surface area contributed by atoms with Crippen LogP contribution < -0.4 is 10.1 Å². The molecule has 3 rings (SSSR count). The molecular formula is C17H23NO3. The summed E-state index contributed by atoms with van der Waals surface area (Å²) in [4.78, 5) is 0. The largest absolute Gasteiger partial charge is 0.493 e. The Kier molecular flexibility index (Phi) is 4.46. The first-order chi connectivity index (χ1) is 10.3. The molecule has 4 nitrogen and oxygen atoms in total. The molecule has 1 aromatic heterocycles. The Morgan fingerprint density at radius 3 is 2.90 bits per heavy atom. The summed E-state index contributed by atoms with van der Waals surface area (Å²) >= 11 is 0. The van der Waals surface area contributed by atoms with Gasteiger partial charge in [0.25, 0.3) is 0 Å². The van der Waals surface area contributed by atoms with Crippen molar-refractivity contribution in [2.75, 3.05) is 26.9 Å². The van der Waals surface area contributed by atoms with Gasteiger partial charge in [0.2, 0.25) is 0 Å². The lowest BCUT2D eigenvalue weighted by atomic mass is 10.00. The number of benzene rings is 1. The fraction of sp³-hybridized carbons (Fsp3) is 0.529. The zero-order chi connectivity index (χ0) is 14.7. The van der Waals surface area contributed by atoms with Gasteiger partial charge < -0.3 is 19.2 Å². The van der Waals surface area contributed by atoms with Crippen LogP contribution in [0.2, 0.25) is 0 Å². The van der Waals surface area contributed by atoms with E-state index < -0.39 is 0 Å². The highest BCUT2D eigenvalue weighted by Gasteiger charge is 2.17. The zero-order valence-electron chi connectivity index (χ0n) is 12.7. The van der Waals surface area contributed by atoms with Crippen LogP contribution in [0.3, 0.4) is 0 Å². The van der Waals surface area contributed by atoms with Crippen LogP contribution in [-0.4, -0.2) is 26.9 Å². The van der Waals surface area contributed by atoms with Crippen molar-refractivity contribution in [2.24, 2.45) is 5.92 Å². The number of nitrogens with one attached hydrogen (secondary N) is 1. The SMILES string of the molecule is COc1cccc2cc(C(C)NCC3CCOCC3)oc12. The molecule has 0 amide bonds. The molecule has 1 unspecified atom stereocenters. The van der Waals surface area contributed by atoms with E-state index >= 15 is 0 Å². The molecular weight excluding hydrogens is 266 g/mol. The summed E-state index contributed by atoms with van der Waals surface area (Å²) in [5.41, 5.74) is 0.828. The van der Waals surface area contributed by atoms with Crippen LogP contribution >= 0.6 is 0 Å². The van der Waals surface area contributed by atoms with Gasteiger partial charge in [0.05, 0.1) is 13.2 Å². The molecule has 4 heteroatoms. The molecule has 2 heterocycles. The van der Waals surface area contributed by atoms with Crippen LogP contribution in [0.1, 0.15) is 31.6 Å². The molecule has 0 saturated carbocycles. The van der Waals surface area contributed by atoms with Gasteiger partial charge in [-0.05, 0) is 44.4 Å². The lowest BCUT2D eigenvalue weighted by Gasteiger charge is -2.23. The lowest BCUT2D eigenvalue weighted by molar-refractivity contribution is 0.0654. The maximum absolute atomic E-state index is 5.98. The average Bonchev–Trinajstić information content (AvgIpc) is 2.97. The zero-order valence-corrected chi connectivity index (χ0v) is 12.7. The topological polar surface area (TPSA) is 43.6 Å². The summed E-state index contributed by atoms with van der Waals surface area (Å²) in [7, 11) is 1.67. The second kappa shape index (κ2) is 6.50. The van der Waals surface area contributed by atoms with Crippen LogP contribution in [-0.2, 0) is 4.74 Å². The van der Waals surface area contributed by atoms with Crippen molar-refractivity contribution in [3.8, 4) is 5.75 Å². The van der Waals surface area contributed by atoms with Crippen molar-refractivity contribution >= 4 is 11.0 Å². The van der Waals surface area contributed by atoms with Crippen molar-refractivity contribution in [1.29, 1.82) is 0 Å². The molecule has 1 aromatic carbocycles. The van der Waals surface area contributed by atoms with Gasteiger partial charge in [-0.2, -0.15) is 0 Å². The van der Waals surface area contributed by atoms with Crippen LogP contribution in [0.25, 0.3) is 11.0 Å². The summed E-state index contributed by atoms with van der Waals surface area (Å²) in [6.07, 6.45) is 2.29. The standard InChI is InChI=1S/C17H23NO3/c1-12(18-11-13-6-8-20-9-7-13)16-10-14-4-3-5-15(19-2)17(14)21-16/h3-5,10,12-13,18H,6-9,11H2,1-2H3. The summed E-state index contributed by atoms with van der Waals surface area (Å²) in [6.45, 7) is 4.94. The Balaban J connectivity index is 1.67. The fourth-order valence-electron chi connectivity index (χ4n) is 2.82. The predicted molar refractivity (Wildman–Crippen MR) is 82.7 cm³/mol. The van der Waals surface area contributed by atoms with Crippen molar-refractivity contribution < 1.29 is 13.9 Å². The smallest absolute Gasteiger partial charge is 0.176 e. The molecule has 2 aromatic rings. The molecule has 0 bridgehead atoms. The van der Waals surface area contributed by atoms with E-state index in [4.69, 9.17) is 13.9 Å². The van der Waals surface area contributed by atoms with Gasteiger partial charge in [-0.3, -0.25) is 0 Å². The number of fused-ring (bicyclic) bond motifs is 1. The second-order valence-electron chi connectivity index (χ2n) is 5.71. The first-order valence-electron chi connectivity index (χ1n) is 7.65. The molecule has 0 aliphatic carbocycles. The summed E-state index contributed by atoms with van der Waals surface area (Å²) in [5.74, 6) is 2.46. The normalized spacial score (nSPS) is 18.0. The quantitative estimate of drug-likeness (QED) is 0.914. The molecule has 0 radical (unpaired) electrons. The number of furan rings is 1. The minimum Gasteiger partial charge on any atom is -0.493 e. The first-order valence-corrected chi connectivity index (χ1v) is 7.65. The Morgan fingerprint density at radius 2 is 2.14 bits per heavy atom. The van der Waals surface area contributed by atoms with Crippen LogP contribution in [0.5, 0.6) is 5.75 Å². The van der Waals surface area contributed by atoms with E-state index in [-0.39, 0.29) is 6.04 Å². The van der Waals surface area contributed by atoms with Crippen LogP contribution in [0.4, 0.5) is 0 Å². The molecule has 114 valence electrons. The monoisotopic (exact) mass is 289 g/mol. The summed E-state index contributed by atoms with van der Waals surface area (Å²) in [5, 5.41) is 4.66. The van der Waals surface area contributed by atoms with Gasteiger partial charge in [-0.1, -0.05) is 12.1 Å². The first kappa shape index (κ1) is 14.4. The number of methoxy groups -OCH3 is 1. The third-order valence-corrected chi connectivity index (χ3v) is 4.23. The van der Waals surface area contributed by atoms with E-state index in [2.05, 4.69) is 24.4 Å². The Bertz CT molecular complexity index is 587. The molecule has 1 saturated heterocycles. The maximum Gasteiger partial charge on any atom is 0.176 e. The Hall–Kier alpha value is -1.52. The van der Waals surface area contributed by atoms with Gasteiger partial charge in [0, 0.05) is 18.6 Å². The molecule has 0 spiro atoms. The number of rotatable bonds is 5. The van der Waals surface area contributed by atoms with E-state index in [1.165, 1.54) is 0 Å². The van der Waals surface area contributed by atoms with Crippen molar-refractivity contribution in [3.05, 3.63) is 30.0 Å². The highest BCUT2D eigenvalue weighted by atomic mass is 16.5. The molecule has 1 fully saturated rings. The summed E-state index contributed by atoms with van der Waals surface area (Å²) < 4.78 is 16.7. The third kappa shape index (κ3) is 3.22. The van der Waals surface area contributed by atoms with Gasteiger partial charge in [0.1, 0.15) is 5.76 Å². The lowest BCUT2D eigenvalue weighted by Crippen LogP contribution is -2.29. The highest BCUT2D eigenvalue weighted by molar-refractivity contribution is 5.83. The van der Waals surface area contributed by atoms with Crippen molar-refractivity contribution in [3.63, 3.8) is 0 Å². The van der Waals surface area contributed by atoms with Gasteiger partial charge in [-0.15, -0.1) is 0 Å². The van der Waals surface area contributed by atoms with E-state index in [9.17, 15) is 0 Å². The molecule has 1 aliphatic heterocycles.